The van der Waals surface area contributed by atoms with E-state index < -0.39 is 5.97 Å². The molecule has 0 radical (unpaired) electrons. The molecule has 1 aromatic rings. The highest BCUT2D eigenvalue weighted by molar-refractivity contribution is 5.95. The number of urea groups is 1. The molecule has 0 fully saturated rings. The van der Waals surface area contributed by atoms with Crippen LogP contribution in [0.5, 0.6) is 0 Å². The number of benzene rings is 1. The lowest BCUT2D eigenvalue weighted by Gasteiger charge is -2.26. The van der Waals surface area contributed by atoms with E-state index in [1.807, 2.05) is 13.8 Å². The van der Waals surface area contributed by atoms with E-state index in [4.69, 9.17) is 5.11 Å². The van der Waals surface area contributed by atoms with E-state index in [0.717, 1.165) is 0 Å². The van der Waals surface area contributed by atoms with Gasteiger partial charge in [0.05, 0.1) is 5.56 Å². The second kappa shape index (κ2) is 6.75. The molecule has 0 aliphatic heterocycles. The lowest BCUT2D eigenvalue weighted by Crippen LogP contribution is -2.40. The number of carboxylic acids is 1. The molecule has 0 saturated carbocycles. The molecule has 0 aliphatic rings. The van der Waals surface area contributed by atoms with Gasteiger partial charge in [0, 0.05) is 18.3 Å². The number of carbonyl (C=O) groups excluding carboxylic acids is 1. The lowest BCUT2D eigenvalue weighted by molar-refractivity contribution is 0.0696. The molecule has 2 N–H and O–H groups in total. The van der Waals surface area contributed by atoms with Gasteiger partial charge in [-0.25, -0.2) is 9.59 Å². The van der Waals surface area contributed by atoms with E-state index >= 15 is 0 Å². The van der Waals surface area contributed by atoms with Crippen LogP contribution in [0, 0.1) is 6.92 Å². The van der Waals surface area contributed by atoms with Crippen LogP contribution >= 0.6 is 0 Å². The number of rotatable bonds is 5. The molecule has 1 aromatic carbocycles. The van der Waals surface area contributed by atoms with Gasteiger partial charge in [0.15, 0.2) is 0 Å². The molecule has 0 bridgehead atoms. The number of nitrogens with one attached hydrogen (secondary N) is 1. The Morgan fingerprint density at radius 2 is 2.10 bits per heavy atom. The van der Waals surface area contributed by atoms with Gasteiger partial charge in [-0.2, -0.15) is 0 Å². The summed E-state index contributed by atoms with van der Waals surface area (Å²) < 4.78 is 0. The van der Waals surface area contributed by atoms with Gasteiger partial charge < -0.3 is 15.3 Å². The molecule has 0 aromatic heterocycles. The second-order valence-corrected chi connectivity index (χ2v) is 4.75. The predicted octanol–water partition coefficient (Wildman–Crippen LogP) is 3.12. The van der Waals surface area contributed by atoms with Crippen molar-refractivity contribution in [3.63, 3.8) is 0 Å². The molecule has 20 heavy (non-hydrogen) atoms. The van der Waals surface area contributed by atoms with Crippen LogP contribution in [0.15, 0.2) is 30.9 Å². The van der Waals surface area contributed by atoms with Crippen molar-refractivity contribution in [2.75, 3.05) is 11.9 Å². The topological polar surface area (TPSA) is 69.6 Å². The minimum Gasteiger partial charge on any atom is -0.478 e. The van der Waals surface area contributed by atoms with E-state index in [1.165, 1.54) is 6.07 Å². The van der Waals surface area contributed by atoms with Gasteiger partial charge in [-0.1, -0.05) is 12.1 Å². The SMILES string of the molecule is C=CCN(C(=O)Nc1cccc(C(=O)O)c1C)C(C)C. The number of hydrogen-bond acceptors (Lipinski definition) is 2. The third-order valence-electron chi connectivity index (χ3n) is 3.02. The summed E-state index contributed by atoms with van der Waals surface area (Å²) in [5.41, 5.74) is 1.22. The van der Waals surface area contributed by atoms with Gasteiger partial charge in [0.1, 0.15) is 0 Å². The summed E-state index contributed by atoms with van der Waals surface area (Å²) in [5, 5.41) is 11.8. The van der Waals surface area contributed by atoms with Gasteiger partial charge in [-0.3, -0.25) is 0 Å². The van der Waals surface area contributed by atoms with Crippen molar-refractivity contribution in [1.29, 1.82) is 0 Å². The van der Waals surface area contributed by atoms with Gasteiger partial charge in [-0.05, 0) is 38.5 Å². The summed E-state index contributed by atoms with van der Waals surface area (Å²) in [6.45, 7) is 9.55. The molecule has 5 heteroatoms. The first-order valence-electron chi connectivity index (χ1n) is 6.40. The highest BCUT2D eigenvalue weighted by Crippen LogP contribution is 2.19. The normalized spacial score (nSPS) is 10.2. The minimum atomic E-state index is -1.01. The Labute approximate surface area is 118 Å². The zero-order valence-corrected chi connectivity index (χ0v) is 12.0. The van der Waals surface area contributed by atoms with E-state index in [1.54, 1.807) is 30.0 Å². The number of amides is 2. The molecule has 5 nitrogen and oxygen atoms in total. The lowest BCUT2D eigenvalue weighted by atomic mass is 10.1. The molecule has 0 saturated heterocycles. The number of nitrogens with zero attached hydrogens (tertiary/aromatic N) is 1. The van der Waals surface area contributed by atoms with Gasteiger partial charge in [-0.15, -0.1) is 6.58 Å². The third-order valence-corrected chi connectivity index (χ3v) is 3.02. The molecular formula is C15H20N2O3. The first-order chi connectivity index (χ1) is 9.38. The maximum absolute atomic E-state index is 12.2. The highest BCUT2D eigenvalue weighted by atomic mass is 16.4. The quantitative estimate of drug-likeness (QED) is 0.812. The summed E-state index contributed by atoms with van der Waals surface area (Å²) in [4.78, 5) is 24.9. The monoisotopic (exact) mass is 276 g/mol. The Hall–Kier alpha value is -2.30. The molecule has 0 atom stereocenters. The molecule has 0 aliphatic carbocycles. The van der Waals surface area contributed by atoms with E-state index in [9.17, 15) is 9.59 Å². The number of carbonyl (C=O) groups is 2. The fourth-order valence-electron chi connectivity index (χ4n) is 1.86. The summed E-state index contributed by atoms with van der Waals surface area (Å²) >= 11 is 0. The number of aromatic carboxylic acids is 1. The number of hydrogen-bond donors (Lipinski definition) is 2. The van der Waals surface area contributed by atoms with Gasteiger partial charge >= 0.3 is 12.0 Å². The van der Waals surface area contributed by atoms with Gasteiger partial charge in [0.25, 0.3) is 0 Å². The first-order valence-corrected chi connectivity index (χ1v) is 6.40. The Morgan fingerprint density at radius 1 is 1.45 bits per heavy atom. The Morgan fingerprint density at radius 3 is 2.60 bits per heavy atom. The maximum Gasteiger partial charge on any atom is 0.336 e. The molecule has 0 heterocycles. The smallest absolute Gasteiger partial charge is 0.336 e. The van der Waals surface area contributed by atoms with E-state index in [0.29, 0.717) is 17.8 Å². The van der Waals surface area contributed by atoms with Crippen molar-refractivity contribution in [3.8, 4) is 0 Å². The van der Waals surface area contributed by atoms with Crippen LogP contribution in [-0.4, -0.2) is 34.6 Å². The first kappa shape index (κ1) is 15.8. The molecule has 1 rings (SSSR count). The molecule has 0 unspecified atom stereocenters. The average molecular weight is 276 g/mol. The Balaban J connectivity index is 2.98. The number of anilines is 1. The van der Waals surface area contributed by atoms with Crippen molar-refractivity contribution in [2.45, 2.75) is 26.8 Å². The zero-order chi connectivity index (χ0) is 15.3. The average Bonchev–Trinajstić information content (AvgIpc) is 2.37. The third kappa shape index (κ3) is 3.60. The van der Waals surface area contributed by atoms with Crippen LogP contribution in [0.25, 0.3) is 0 Å². The van der Waals surface area contributed by atoms with Crippen LogP contribution in [0.1, 0.15) is 29.8 Å². The molecule has 0 spiro atoms. The van der Waals surface area contributed by atoms with E-state index in [-0.39, 0.29) is 17.6 Å². The predicted molar refractivity (Wildman–Crippen MR) is 79.2 cm³/mol. The van der Waals surface area contributed by atoms with Crippen molar-refractivity contribution in [3.05, 3.63) is 42.0 Å². The molecular weight excluding hydrogens is 256 g/mol. The Kier molecular flexibility index (Phi) is 5.32. The van der Waals surface area contributed by atoms with Crippen LogP contribution in [0.4, 0.5) is 10.5 Å². The van der Waals surface area contributed by atoms with E-state index in [2.05, 4.69) is 11.9 Å². The van der Waals surface area contributed by atoms with Crippen LogP contribution in [0.2, 0.25) is 0 Å². The highest BCUT2D eigenvalue weighted by Gasteiger charge is 2.17. The standard InChI is InChI=1S/C15H20N2O3/c1-5-9-17(10(2)3)15(20)16-13-8-6-7-12(11(13)4)14(18)19/h5-8,10H,1,9H2,2-4H3,(H,16,20)(H,18,19). The summed E-state index contributed by atoms with van der Waals surface area (Å²) in [6, 6.07) is 4.56. The summed E-state index contributed by atoms with van der Waals surface area (Å²) in [5.74, 6) is -1.01. The van der Waals surface area contributed by atoms with Crippen LogP contribution in [0.3, 0.4) is 0 Å². The number of carboxylic acid groups (broad SMARTS) is 1. The zero-order valence-electron chi connectivity index (χ0n) is 12.0. The van der Waals surface area contributed by atoms with Crippen LogP contribution in [-0.2, 0) is 0 Å². The fraction of sp³-hybridized carbons (Fsp3) is 0.333. The van der Waals surface area contributed by atoms with Crippen molar-refractivity contribution in [2.24, 2.45) is 0 Å². The fourth-order valence-corrected chi connectivity index (χ4v) is 1.86. The van der Waals surface area contributed by atoms with Crippen molar-refractivity contribution >= 4 is 17.7 Å². The van der Waals surface area contributed by atoms with Crippen molar-refractivity contribution < 1.29 is 14.7 Å². The molecule has 108 valence electrons. The van der Waals surface area contributed by atoms with Crippen LogP contribution < -0.4 is 5.32 Å². The minimum absolute atomic E-state index is 0.0240. The van der Waals surface area contributed by atoms with Crippen molar-refractivity contribution in [1.82, 2.24) is 4.90 Å². The molecule has 2 amide bonds. The Bertz CT molecular complexity index is 524. The largest absolute Gasteiger partial charge is 0.478 e. The summed E-state index contributed by atoms with van der Waals surface area (Å²) in [6.07, 6.45) is 1.65. The second-order valence-electron chi connectivity index (χ2n) is 4.75. The van der Waals surface area contributed by atoms with Gasteiger partial charge in [0.2, 0.25) is 0 Å². The summed E-state index contributed by atoms with van der Waals surface area (Å²) in [7, 11) is 0. The maximum atomic E-state index is 12.2.